The van der Waals surface area contributed by atoms with Gasteiger partial charge in [-0.15, -0.1) is 0 Å². The maximum Gasteiger partial charge on any atom is 0.306 e. The molecule has 0 radical (unpaired) electrons. The van der Waals surface area contributed by atoms with Gasteiger partial charge in [-0.25, -0.2) is 0 Å². The Kier molecular flexibility index (Phi) is 35.1. The highest BCUT2D eigenvalue weighted by Gasteiger charge is 2.14. The monoisotopic (exact) mass is 676 g/mol. The fraction of sp³-hybridized carbons (Fsp3) is 0.927. The third-order valence-corrected chi connectivity index (χ3v) is 9.48. The number of hydrogen-bond acceptors (Lipinski definition) is 5. The lowest BCUT2D eigenvalue weighted by molar-refractivity contribution is -0.150. The summed E-state index contributed by atoms with van der Waals surface area (Å²) in [6.07, 6.45) is 36.2. The van der Waals surface area contributed by atoms with Gasteiger partial charge in [-0.2, -0.15) is 5.26 Å². The molecule has 0 spiro atoms. The number of nitriles is 1. The van der Waals surface area contributed by atoms with Crippen LogP contribution in [-0.2, 0) is 9.53 Å². The topological polar surface area (TPSA) is 81.0 Å². The van der Waals surface area contributed by atoms with Crippen LogP contribution in [0.4, 0.5) is 0 Å². The van der Waals surface area contributed by atoms with Crippen LogP contribution in [0.3, 0.4) is 0 Å². The van der Waals surface area contributed by atoms with Crippen molar-refractivity contribution in [1.82, 2.24) is 15.1 Å². The van der Waals surface area contributed by atoms with Crippen molar-refractivity contribution in [2.45, 2.75) is 207 Å². The zero-order valence-corrected chi connectivity index (χ0v) is 32.8. The van der Waals surface area contributed by atoms with E-state index in [4.69, 9.17) is 10.00 Å². The summed E-state index contributed by atoms with van der Waals surface area (Å²) < 4.78 is 6.05. The first-order valence-corrected chi connectivity index (χ1v) is 20.8. The first kappa shape index (κ1) is 46.2. The second kappa shape index (κ2) is 36.5. The molecule has 0 aromatic carbocycles. The van der Waals surface area contributed by atoms with Crippen LogP contribution in [0.15, 0.2) is 4.99 Å². The van der Waals surface area contributed by atoms with Gasteiger partial charge in [-0.3, -0.25) is 15.1 Å². The molecule has 48 heavy (non-hydrogen) atoms. The van der Waals surface area contributed by atoms with E-state index >= 15 is 0 Å². The molecule has 0 atom stereocenters. The van der Waals surface area contributed by atoms with E-state index in [0.29, 0.717) is 12.4 Å². The Morgan fingerprint density at radius 1 is 0.625 bits per heavy atom. The molecule has 7 heteroatoms. The highest BCUT2D eigenvalue weighted by atomic mass is 16.5. The van der Waals surface area contributed by atoms with E-state index in [9.17, 15) is 4.79 Å². The minimum Gasteiger partial charge on any atom is -0.462 e. The normalized spacial score (nSPS) is 11.8. The fourth-order valence-electron chi connectivity index (χ4n) is 6.37. The summed E-state index contributed by atoms with van der Waals surface area (Å²) >= 11 is 0. The molecule has 0 saturated carbocycles. The van der Waals surface area contributed by atoms with Crippen LogP contribution in [-0.4, -0.2) is 68.1 Å². The first-order chi connectivity index (χ1) is 23.5. The predicted octanol–water partition coefficient (Wildman–Crippen LogP) is 11.2. The van der Waals surface area contributed by atoms with Crippen LogP contribution < -0.4 is 5.32 Å². The number of carbonyl (C=O) groups is 1. The lowest BCUT2D eigenvalue weighted by Crippen LogP contribution is -2.33. The fourth-order valence-corrected chi connectivity index (χ4v) is 6.37. The van der Waals surface area contributed by atoms with Gasteiger partial charge in [0.2, 0.25) is 5.96 Å². The molecular weight excluding hydrogens is 594 g/mol. The SMILES string of the molecule is CCCCCCCCC(CCCCCCCC)OC(=O)CCCCCCCN(CCCCCCCC)CCCCN=C(NC#N)N(C)C. The van der Waals surface area contributed by atoms with E-state index in [1.165, 1.54) is 141 Å². The van der Waals surface area contributed by atoms with Gasteiger partial charge in [0.25, 0.3) is 0 Å². The van der Waals surface area contributed by atoms with E-state index < -0.39 is 0 Å². The van der Waals surface area contributed by atoms with E-state index in [1.54, 1.807) is 0 Å². The number of esters is 1. The first-order valence-electron chi connectivity index (χ1n) is 20.8. The second-order valence-corrected chi connectivity index (χ2v) is 14.4. The highest BCUT2D eigenvalue weighted by Crippen LogP contribution is 2.18. The molecule has 0 aromatic rings. The van der Waals surface area contributed by atoms with E-state index in [1.807, 2.05) is 25.2 Å². The molecule has 0 unspecified atom stereocenters. The molecule has 0 aliphatic carbocycles. The number of ether oxygens (including phenoxy) is 1. The van der Waals surface area contributed by atoms with E-state index in [0.717, 1.165) is 58.2 Å². The predicted molar refractivity (Wildman–Crippen MR) is 207 cm³/mol. The molecule has 0 fully saturated rings. The molecule has 0 aromatic heterocycles. The Bertz CT molecular complexity index is 750. The molecule has 282 valence electrons. The van der Waals surface area contributed by atoms with Crippen molar-refractivity contribution in [3.63, 3.8) is 0 Å². The Labute approximate surface area is 299 Å². The standard InChI is InChI=1S/C41H81N5O2/c1-6-9-12-15-19-24-31-39(32-25-20-16-13-10-7-2)48-40(47)33-26-21-18-23-29-36-46(35-28-22-17-14-11-8-3)37-30-27-34-43-41(44-38-42)45(4)5/h39H,6-37H2,1-5H3,(H,43,44). The van der Waals surface area contributed by atoms with Gasteiger partial charge < -0.3 is 14.5 Å². The number of unbranched alkanes of at least 4 members (excludes halogenated alkanes) is 20. The molecule has 0 heterocycles. The summed E-state index contributed by atoms with van der Waals surface area (Å²) in [5.41, 5.74) is 0. The summed E-state index contributed by atoms with van der Waals surface area (Å²) in [5.74, 6) is 0.670. The van der Waals surface area contributed by atoms with Crippen molar-refractivity contribution in [3.8, 4) is 6.19 Å². The number of carbonyl (C=O) groups excluding carboxylic acids is 1. The lowest BCUT2D eigenvalue weighted by Gasteiger charge is -2.22. The van der Waals surface area contributed by atoms with Gasteiger partial charge in [0.1, 0.15) is 6.10 Å². The third kappa shape index (κ3) is 31.5. The second-order valence-electron chi connectivity index (χ2n) is 14.4. The Morgan fingerprint density at radius 2 is 1.04 bits per heavy atom. The van der Waals surface area contributed by atoms with Crippen LogP contribution in [0.2, 0.25) is 0 Å². The van der Waals surface area contributed by atoms with E-state index in [-0.39, 0.29) is 12.1 Å². The van der Waals surface area contributed by atoms with Crippen molar-refractivity contribution in [2.75, 3.05) is 40.3 Å². The van der Waals surface area contributed by atoms with Crippen LogP contribution in [0.1, 0.15) is 201 Å². The minimum absolute atomic E-state index is 0.0347. The van der Waals surface area contributed by atoms with Crippen LogP contribution >= 0.6 is 0 Å². The summed E-state index contributed by atoms with van der Waals surface area (Å²) in [6, 6.07) is 0. The summed E-state index contributed by atoms with van der Waals surface area (Å²) in [6.45, 7) is 11.0. The largest absolute Gasteiger partial charge is 0.462 e. The van der Waals surface area contributed by atoms with Gasteiger partial charge in [0, 0.05) is 27.1 Å². The third-order valence-electron chi connectivity index (χ3n) is 9.48. The van der Waals surface area contributed by atoms with Crippen LogP contribution in [0.5, 0.6) is 0 Å². The van der Waals surface area contributed by atoms with Crippen LogP contribution in [0.25, 0.3) is 0 Å². The Balaban J connectivity index is 4.43. The number of aliphatic imine (C=N–C) groups is 1. The molecule has 0 amide bonds. The minimum atomic E-state index is 0.0347. The molecule has 0 saturated heterocycles. The number of nitrogens with one attached hydrogen (secondary N) is 1. The zero-order chi connectivity index (χ0) is 35.3. The highest BCUT2D eigenvalue weighted by molar-refractivity contribution is 5.80. The van der Waals surface area contributed by atoms with Crippen molar-refractivity contribution >= 4 is 11.9 Å². The average Bonchev–Trinajstić information content (AvgIpc) is 3.07. The number of rotatable bonds is 35. The van der Waals surface area contributed by atoms with Crippen molar-refractivity contribution < 1.29 is 9.53 Å². The number of nitrogens with zero attached hydrogens (tertiary/aromatic N) is 4. The van der Waals surface area contributed by atoms with Gasteiger partial charge >= 0.3 is 5.97 Å². The smallest absolute Gasteiger partial charge is 0.306 e. The molecule has 0 aliphatic rings. The lowest BCUT2D eigenvalue weighted by atomic mass is 10.0. The number of guanidine groups is 1. The Hall–Kier alpha value is -1.81. The summed E-state index contributed by atoms with van der Waals surface area (Å²) in [7, 11) is 3.81. The maximum atomic E-state index is 12.8. The van der Waals surface area contributed by atoms with Crippen molar-refractivity contribution in [2.24, 2.45) is 4.99 Å². The molecular formula is C41H81N5O2. The molecule has 7 nitrogen and oxygen atoms in total. The van der Waals surface area contributed by atoms with Crippen LogP contribution in [0, 0.1) is 11.5 Å². The number of hydrogen-bond donors (Lipinski definition) is 1. The van der Waals surface area contributed by atoms with Gasteiger partial charge in [0.15, 0.2) is 6.19 Å². The van der Waals surface area contributed by atoms with E-state index in [2.05, 4.69) is 36.0 Å². The average molecular weight is 676 g/mol. The van der Waals surface area contributed by atoms with Crippen molar-refractivity contribution in [3.05, 3.63) is 0 Å². The molecule has 0 aliphatic heterocycles. The van der Waals surface area contributed by atoms with Gasteiger partial charge in [0.05, 0.1) is 0 Å². The van der Waals surface area contributed by atoms with Gasteiger partial charge in [-0.05, 0) is 77.4 Å². The zero-order valence-electron chi connectivity index (χ0n) is 32.8. The summed E-state index contributed by atoms with van der Waals surface area (Å²) in [4.78, 5) is 21.8. The summed E-state index contributed by atoms with van der Waals surface area (Å²) in [5, 5.41) is 11.6. The maximum absolute atomic E-state index is 12.8. The van der Waals surface area contributed by atoms with Crippen molar-refractivity contribution in [1.29, 1.82) is 5.26 Å². The van der Waals surface area contributed by atoms with Gasteiger partial charge in [-0.1, -0.05) is 136 Å². The molecule has 0 bridgehead atoms. The molecule has 1 N–H and O–H groups in total. The Morgan fingerprint density at radius 3 is 1.50 bits per heavy atom. The quantitative estimate of drug-likeness (QED) is 0.0180. The molecule has 0 rings (SSSR count).